The van der Waals surface area contributed by atoms with Crippen LogP contribution in [0.5, 0.6) is 5.75 Å². The minimum absolute atomic E-state index is 0.247. The Hall–Kier alpha value is -5.04. The molecule has 0 aliphatic carbocycles. The Bertz CT molecular complexity index is 1550. The maximum absolute atomic E-state index is 13.7. The summed E-state index contributed by atoms with van der Waals surface area (Å²) in [5, 5.41) is 4.46. The van der Waals surface area contributed by atoms with Gasteiger partial charge in [0, 0.05) is 11.1 Å². The molecule has 38 heavy (non-hydrogen) atoms. The molecule has 1 atom stereocenters. The number of hydrogen-bond donors (Lipinski definition) is 2. The van der Waals surface area contributed by atoms with E-state index in [9.17, 15) is 9.59 Å². The molecule has 188 valence electrons. The zero-order valence-electron chi connectivity index (χ0n) is 20.7. The van der Waals surface area contributed by atoms with Gasteiger partial charge in [-0.2, -0.15) is 0 Å². The van der Waals surface area contributed by atoms with Crippen molar-refractivity contribution in [3.63, 3.8) is 0 Å². The van der Waals surface area contributed by atoms with Crippen LogP contribution in [0.4, 0.5) is 5.69 Å². The second-order valence-electron chi connectivity index (χ2n) is 9.08. The van der Waals surface area contributed by atoms with Gasteiger partial charge in [-0.1, -0.05) is 97.1 Å². The number of amides is 2. The van der Waals surface area contributed by atoms with Crippen LogP contribution < -0.4 is 15.5 Å². The van der Waals surface area contributed by atoms with Gasteiger partial charge in [-0.05, 0) is 24.6 Å². The SMILES string of the molecule is Cc1ccccc1OCC(=O)NN1C(c2ccccc2)=C(c2ccccc2)OC12C(=O)Nc1ccccc12. The molecule has 0 aromatic heterocycles. The Morgan fingerprint density at radius 1 is 0.868 bits per heavy atom. The number of rotatable bonds is 6. The van der Waals surface area contributed by atoms with E-state index < -0.39 is 17.5 Å². The van der Waals surface area contributed by atoms with Crippen molar-refractivity contribution in [2.24, 2.45) is 0 Å². The Labute approximate surface area is 220 Å². The second-order valence-corrected chi connectivity index (χ2v) is 9.08. The molecule has 0 saturated heterocycles. The first-order valence-electron chi connectivity index (χ1n) is 12.3. The fourth-order valence-corrected chi connectivity index (χ4v) is 4.84. The fourth-order valence-electron chi connectivity index (χ4n) is 4.84. The predicted octanol–water partition coefficient (Wildman–Crippen LogP) is 5.07. The van der Waals surface area contributed by atoms with Crippen molar-refractivity contribution < 1.29 is 19.1 Å². The lowest BCUT2D eigenvalue weighted by molar-refractivity contribution is -0.154. The number of nitrogens with zero attached hydrogens (tertiary/aromatic N) is 1. The van der Waals surface area contributed by atoms with Crippen molar-refractivity contribution in [1.29, 1.82) is 0 Å². The number of aryl methyl sites for hydroxylation is 1. The third-order valence-corrected chi connectivity index (χ3v) is 6.62. The number of hydrogen-bond acceptors (Lipinski definition) is 5. The lowest BCUT2D eigenvalue weighted by atomic mass is 10.0. The van der Waals surface area contributed by atoms with E-state index in [-0.39, 0.29) is 6.61 Å². The van der Waals surface area contributed by atoms with E-state index in [0.29, 0.717) is 28.5 Å². The van der Waals surface area contributed by atoms with Crippen LogP contribution in [0.3, 0.4) is 0 Å². The molecule has 2 amide bonds. The van der Waals surface area contributed by atoms with Crippen molar-refractivity contribution in [3.05, 3.63) is 131 Å². The molecule has 2 aliphatic rings. The zero-order valence-corrected chi connectivity index (χ0v) is 20.7. The fraction of sp³-hybridized carbons (Fsp3) is 0.0968. The quantitative estimate of drug-likeness (QED) is 0.384. The van der Waals surface area contributed by atoms with E-state index in [1.807, 2.05) is 116 Å². The topological polar surface area (TPSA) is 79.9 Å². The van der Waals surface area contributed by atoms with Gasteiger partial charge in [0.1, 0.15) is 11.4 Å². The normalized spacial score (nSPS) is 17.7. The molecule has 7 nitrogen and oxygen atoms in total. The number of ether oxygens (including phenoxy) is 2. The zero-order chi connectivity index (χ0) is 26.1. The maximum atomic E-state index is 13.7. The summed E-state index contributed by atoms with van der Waals surface area (Å²) in [6.07, 6.45) is 0. The lowest BCUT2D eigenvalue weighted by Gasteiger charge is -2.34. The number of carbonyl (C=O) groups excluding carboxylic acids is 2. The molecule has 2 heterocycles. The van der Waals surface area contributed by atoms with Crippen LogP contribution in [0.2, 0.25) is 0 Å². The summed E-state index contributed by atoms with van der Waals surface area (Å²) in [5.41, 5.74) is 5.55. The molecular formula is C31H25N3O4. The van der Waals surface area contributed by atoms with Crippen molar-refractivity contribution in [1.82, 2.24) is 10.4 Å². The van der Waals surface area contributed by atoms with Crippen LogP contribution in [-0.2, 0) is 20.1 Å². The van der Waals surface area contributed by atoms with E-state index in [1.54, 1.807) is 0 Å². The smallest absolute Gasteiger partial charge is 0.308 e. The van der Waals surface area contributed by atoms with Crippen LogP contribution in [-0.4, -0.2) is 23.4 Å². The highest BCUT2D eigenvalue weighted by molar-refractivity contribution is 6.08. The van der Waals surface area contributed by atoms with Crippen LogP contribution >= 0.6 is 0 Å². The molecule has 0 bridgehead atoms. The van der Waals surface area contributed by atoms with E-state index in [0.717, 1.165) is 16.7 Å². The van der Waals surface area contributed by atoms with Gasteiger partial charge < -0.3 is 14.8 Å². The monoisotopic (exact) mass is 503 g/mol. The molecule has 4 aromatic rings. The third kappa shape index (κ3) is 3.85. The van der Waals surface area contributed by atoms with Crippen LogP contribution in [0.1, 0.15) is 22.3 Å². The largest absolute Gasteiger partial charge is 0.483 e. The number of hydrazine groups is 1. The van der Waals surface area contributed by atoms with Crippen molar-refractivity contribution in [3.8, 4) is 5.75 Å². The number of nitrogens with one attached hydrogen (secondary N) is 2. The van der Waals surface area contributed by atoms with E-state index in [2.05, 4.69) is 10.7 Å². The molecule has 0 radical (unpaired) electrons. The van der Waals surface area contributed by atoms with Crippen LogP contribution in [0.25, 0.3) is 11.5 Å². The Kier molecular flexibility index (Phi) is 5.81. The Balaban J connectivity index is 1.46. The van der Waals surface area contributed by atoms with Gasteiger partial charge >= 0.3 is 5.72 Å². The minimum atomic E-state index is -1.65. The first-order chi connectivity index (χ1) is 18.6. The number of carbonyl (C=O) groups is 2. The molecule has 2 N–H and O–H groups in total. The van der Waals surface area contributed by atoms with Gasteiger partial charge in [0.05, 0.1) is 11.3 Å². The summed E-state index contributed by atoms with van der Waals surface area (Å²) in [4.78, 5) is 27.1. The van der Waals surface area contributed by atoms with Crippen molar-refractivity contribution in [2.45, 2.75) is 12.6 Å². The molecule has 0 fully saturated rings. The van der Waals surface area contributed by atoms with E-state index in [1.165, 1.54) is 5.01 Å². The molecule has 7 heteroatoms. The molecule has 0 saturated carbocycles. The number of fused-ring (bicyclic) bond motifs is 2. The third-order valence-electron chi connectivity index (χ3n) is 6.62. The number of benzene rings is 4. The summed E-state index contributed by atoms with van der Waals surface area (Å²) in [6, 6.07) is 33.9. The average molecular weight is 504 g/mol. The van der Waals surface area contributed by atoms with Gasteiger partial charge in [-0.25, -0.2) is 5.01 Å². The maximum Gasteiger partial charge on any atom is 0.308 e. The minimum Gasteiger partial charge on any atom is -0.483 e. The van der Waals surface area contributed by atoms with Gasteiger partial charge in [-0.3, -0.25) is 15.0 Å². The molecule has 2 aliphatic heterocycles. The predicted molar refractivity (Wildman–Crippen MR) is 144 cm³/mol. The Morgan fingerprint density at radius 2 is 1.50 bits per heavy atom. The first kappa shape index (κ1) is 23.4. The van der Waals surface area contributed by atoms with Crippen molar-refractivity contribution in [2.75, 3.05) is 11.9 Å². The summed E-state index contributed by atoms with van der Waals surface area (Å²) in [6.45, 7) is 1.67. The van der Waals surface area contributed by atoms with Crippen LogP contribution in [0.15, 0.2) is 109 Å². The molecule has 4 aromatic carbocycles. The lowest BCUT2D eigenvalue weighted by Crippen LogP contribution is -2.56. The molecular weight excluding hydrogens is 478 g/mol. The summed E-state index contributed by atoms with van der Waals surface area (Å²) in [5.74, 6) is 0.251. The standard InChI is InChI=1S/C31H25N3O4/c1-21-12-8-11-19-26(21)37-20-27(35)33-34-28(22-13-4-2-5-14-22)29(23-15-6-3-7-16-23)38-31(34)24-17-9-10-18-25(24)32-30(31)36/h2-19H,20H2,1H3,(H,32,36)(H,33,35). The highest BCUT2D eigenvalue weighted by Gasteiger charge is 2.60. The van der Waals surface area contributed by atoms with Crippen molar-refractivity contribution >= 4 is 29.0 Å². The van der Waals surface area contributed by atoms with Gasteiger partial charge in [0.2, 0.25) is 0 Å². The Morgan fingerprint density at radius 3 is 2.24 bits per heavy atom. The molecule has 1 unspecified atom stereocenters. The van der Waals surface area contributed by atoms with Gasteiger partial charge in [0.15, 0.2) is 12.4 Å². The molecule has 6 rings (SSSR count). The summed E-state index contributed by atoms with van der Waals surface area (Å²) in [7, 11) is 0. The highest BCUT2D eigenvalue weighted by Crippen LogP contribution is 2.52. The van der Waals surface area contributed by atoms with Crippen LogP contribution in [0, 0.1) is 6.92 Å². The van der Waals surface area contributed by atoms with Gasteiger partial charge in [0.25, 0.3) is 11.8 Å². The number of anilines is 1. The first-order valence-corrected chi connectivity index (χ1v) is 12.3. The van der Waals surface area contributed by atoms with E-state index >= 15 is 0 Å². The second kappa shape index (κ2) is 9.44. The average Bonchev–Trinajstić information content (AvgIpc) is 3.44. The molecule has 1 spiro atoms. The summed E-state index contributed by atoms with van der Waals surface area (Å²) >= 11 is 0. The number of para-hydroxylation sites is 2. The summed E-state index contributed by atoms with van der Waals surface area (Å²) < 4.78 is 12.4. The van der Waals surface area contributed by atoms with Gasteiger partial charge in [-0.15, -0.1) is 0 Å². The highest BCUT2D eigenvalue weighted by atomic mass is 16.5. The van der Waals surface area contributed by atoms with E-state index in [4.69, 9.17) is 9.47 Å².